The lowest BCUT2D eigenvalue weighted by Gasteiger charge is -2.34. The summed E-state index contributed by atoms with van der Waals surface area (Å²) in [6.07, 6.45) is 3.65. The maximum absolute atomic E-state index is 12.4. The monoisotopic (exact) mass is 381 g/mol. The smallest absolute Gasteiger partial charge is 0.387 e. The van der Waals surface area contributed by atoms with Crippen LogP contribution >= 0.6 is 0 Å². The lowest BCUT2D eigenvalue weighted by molar-refractivity contribution is -0.0512. The van der Waals surface area contributed by atoms with Crippen LogP contribution in [-0.4, -0.2) is 29.9 Å². The Bertz CT molecular complexity index is 754. The number of nitrogens with zero attached hydrogens (tertiary/aromatic N) is 2. The molecule has 0 aliphatic heterocycles. The van der Waals surface area contributed by atoms with Gasteiger partial charge in [0.05, 0.1) is 13.7 Å². The molecule has 1 N–H and O–H groups in total. The maximum atomic E-state index is 12.4. The van der Waals surface area contributed by atoms with Crippen molar-refractivity contribution >= 4 is 0 Å². The Morgan fingerprint density at radius 3 is 2.81 bits per heavy atom. The molecule has 1 fully saturated rings. The van der Waals surface area contributed by atoms with Gasteiger partial charge in [-0.2, -0.15) is 13.8 Å². The zero-order valence-corrected chi connectivity index (χ0v) is 15.7. The second kappa shape index (κ2) is 8.65. The number of rotatable bonds is 7. The molecule has 0 radical (unpaired) electrons. The fraction of sp³-hybridized carbons (Fsp3) is 0.579. The van der Waals surface area contributed by atoms with Crippen LogP contribution in [0.5, 0.6) is 11.5 Å². The van der Waals surface area contributed by atoms with Crippen molar-refractivity contribution in [3.05, 3.63) is 24.1 Å². The molecule has 3 unspecified atom stereocenters. The van der Waals surface area contributed by atoms with Crippen molar-refractivity contribution in [2.45, 2.75) is 52.3 Å². The number of benzene rings is 1. The second-order valence-electron chi connectivity index (χ2n) is 7.01. The summed E-state index contributed by atoms with van der Waals surface area (Å²) in [5.41, 5.74) is 0.600. The number of hydrogen-bond acceptors (Lipinski definition) is 6. The van der Waals surface area contributed by atoms with Crippen LogP contribution < -0.4 is 14.8 Å². The van der Waals surface area contributed by atoms with Crippen molar-refractivity contribution in [3.8, 4) is 22.9 Å². The fourth-order valence-corrected chi connectivity index (χ4v) is 3.53. The van der Waals surface area contributed by atoms with Crippen LogP contribution in [0.25, 0.3) is 11.4 Å². The second-order valence-corrected chi connectivity index (χ2v) is 7.01. The van der Waals surface area contributed by atoms with E-state index >= 15 is 0 Å². The normalized spacial score (nSPS) is 22.8. The molecule has 1 saturated carbocycles. The molecular formula is C19H25F2N3O3. The topological polar surface area (TPSA) is 69.4 Å². The van der Waals surface area contributed by atoms with Gasteiger partial charge >= 0.3 is 6.61 Å². The summed E-state index contributed by atoms with van der Waals surface area (Å²) >= 11 is 0. The average molecular weight is 381 g/mol. The molecule has 148 valence electrons. The van der Waals surface area contributed by atoms with Gasteiger partial charge in [-0.1, -0.05) is 31.8 Å². The molecule has 2 aromatic rings. The first kappa shape index (κ1) is 19.5. The molecule has 27 heavy (non-hydrogen) atoms. The molecule has 0 spiro atoms. The molecule has 8 heteroatoms. The van der Waals surface area contributed by atoms with Crippen molar-refractivity contribution < 1.29 is 22.8 Å². The number of hydrogen-bond donors (Lipinski definition) is 1. The standard InChI is InChI=1S/C19H25F2N3O3/c1-11-5-4-6-14(12(11)2)22-10-17-23-18(24-27-17)13-7-8-15(26-19(20)21)16(9-13)25-3/h7-9,11-12,14,19,22H,4-6,10H2,1-3H3. The zero-order chi connectivity index (χ0) is 19.4. The van der Waals surface area contributed by atoms with E-state index in [0.29, 0.717) is 41.7 Å². The predicted molar refractivity (Wildman–Crippen MR) is 95.7 cm³/mol. The average Bonchev–Trinajstić information content (AvgIpc) is 3.12. The zero-order valence-electron chi connectivity index (χ0n) is 15.7. The van der Waals surface area contributed by atoms with E-state index in [-0.39, 0.29) is 11.5 Å². The minimum absolute atomic E-state index is 0.0398. The van der Waals surface area contributed by atoms with Gasteiger partial charge in [-0.15, -0.1) is 0 Å². The Morgan fingerprint density at radius 1 is 1.26 bits per heavy atom. The summed E-state index contributed by atoms with van der Waals surface area (Å²) < 4.78 is 39.7. The van der Waals surface area contributed by atoms with Crippen molar-refractivity contribution in [1.82, 2.24) is 15.5 Å². The maximum Gasteiger partial charge on any atom is 0.387 e. The molecule has 3 atom stereocenters. The van der Waals surface area contributed by atoms with Gasteiger partial charge in [0, 0.05) is 11.6 Å². The van der Waals surface area contributed by atoms with Crippen LogP contribution in [0.3, 0.4) is 0 Å². The summed E-state index contributed by atoms with van der Waals surface area (Å²) in [6, 6.07) is 4.98. The first-order valence-corrected chi connectivity index (χ1v) is 9.17. The van der Waals surface area contributed by atoms with Gasteiger partial charge in [-0.05, 0) is 36.5 Å². The Morgan fingerprint density at radius 2 is 2.07 bits per heavy atom. The largest absolute Gasteiger partial charge is 0.493 e. The summed E-state index contributed by atoms with van der Waals surface area (Å²) in [6.45, 7) is 2.14. The third-order valence-corrected chi connectivity index (χ3v) is 5.33. The van der Waals surface area contributed by atoms with Gasteiger partial charge in [-0.3, -0.25) is 0 Å². The quantitative estimate of drug-likeness (QED) is 0.773. The molecule has 3 rings (SSSR count). The van der Waals surface area contributed by atoms with Crippen molar-refractivity contribution in [2.75, 3.05) is 7.11 Å². The van der Waals surface area contributed by atoms with Crippen molar-refractivity contribution in [2.24, 2.45) is 11.8 Å². The number of ether oxygens (including phenoxy) is 2. The molecule has 1 aromatic carbocycles. The number of methoxy groups -OCH3 is 1. The number of nitrogens with one attached hydrogen (secondary N) is 1. The van der Waals surface area contributed by atoms with E-state index in [1.54, 1.807) is 12.1 Å². The third-order valence-electron chi connectivity index (χ3n) is 5.33. The summed E-state index contributed by atoms with van der Waals surface area (Å²) in [5, 5.41) is 7.49. The summed E-state index contributed by atoms with van der Waals surface area (Å²) in [5.74, 6) is 2.31. The van der Waals surface area contributed by atoms with Crippen molar-refractivity contribution in [1.29, 1.82) is 0 Å². The Hall–Kier alpha value is -2.22. The van der Waals surface area contributed by atoms with Crippen LogP contribution in [0.15, 0.2) is 22.7 Å². The summed E-state index contributed by atoms with van der Waals surface area (Å²) in [4.78, 5) is 4.39. The Kier molecular flexibility index (Phi) is 6.26. The van der Waals surface area contributed by atoms with Gasteiger partial charge in [0.1, 0.15) is 0 Å². The van der Waals surface area contributed by atoms with E-state index < -0.39 is 6.61 Å². The lowest BCUT2D eigenvalue weighted by Crippen LogP contribution is -2.40. The van der Waals surface area contributed by atoms with Crippen LogP contribution in [0, 0.1) is 11.8 Å². The van der Waals surface area contributed by atoms with E-state index in [2.05, 4.69) is 34.0 Å². The third kappa shape index (κ3) is 4.74. The highest BCUT2D eigenvalue weighted by atomic mass is 19.3. The highest BCUT2D eigenvalue weighted by molar-refractivity contribution is 5.60. The van der Waals surface area contributed by atoms with Gasteiger partial charge < -0.3 is 19.3 Å². The first-order valence-electron chi connectivity index (χ1n) is 9.17. The lowest BCUT2D eigenvalue weighted by atomic mass is 9.78. The van der Waals surface area contributed by atoms with E-state index in [1.165, 1.54) is 26.0 Å². The SMILES string of the molecule is COc1cc(-c2noc(CNC3CCCC(C)C3C)n2)ccc1OC(F)F. The van der Waals surface area contributed by atoms with E-state index in [9.17, 15) is 8.78 Å². The molecule has 1 aliphatic carbocycles. The number of halogens is 2. The molecule has 0 saturated heterocycles. The van der Waals surface area contributed by atoms with Gasteiger partial charge in [0.25, 0.3) is 0 Å². The first-order chi connectivity index (χ1) is 13.0. The van der Waals surface area contributed by atoms with Crippen LogP contribution in [0.2, 0.25) is 0 Å². The molecule has 1 heterocycles. The van der Waals surface area contributed by atoms with Crippen molar-refractivity contribution in [3.63, 3.8) is 0 Å². The molecular weight excluding hydrogens is 356 g/mol. The minimum Gasteiger partial charge on any atom is -0.493 e. The van der Waals surface area contributed by atoms with Gasteiger partial charge in [0.2, 0.25) is 11.7 Å². The van der Waals surface area contributed by atoms with Crippen LogP contribution in [0.1, 0.15) is 39.0 Å². The van der Waals surface area contributed by atoms with E-state index in [0.717, 1.165) is 6.42 Å². The minimum atomic E-state index is -2.92. The van der Waals surface area contributed by atoms with E-state index in [4.69, 9.17) is 9.26 Å². The molecule has 0 amide bonds. The molecule has 1 aliphatic rings. The Balaban J connectivity index is 1.66. The van der Waals surface area contributed by atoms with Gasteiger partial charge in [-0.25, -0.2) is 0 Å². The van der Waals surface area contributed by atoms with E-state index in [1.807, 2.05) is 0 Å². The number of alkyl halides is 2. The number of aromatic nitrogens is 2. The van der Waals surface area contributed by atoms with Crippen LogP contribution in [-0.2, 0) is 6.54 Å². The van der Waals surface area contributed by atoms with Gasteiger partial charge in [0.15, 0.2) is 11.5 Å². The summed E-state index contributed by atoms with van der Waals surface area (Å²) in [7, 11) is 1.38. The molecule has 0 bridgehead atoms. The fourth-order valence-electron chi connectivity index (χ4n) is 3.53. The predicted octanol–water partition coefficient (Wildman–Crippen LogP) is 4.26. The highest BCUT2D eigenvalue weighted by Crippen LogP contribution is 2.33. The molecule has 6 nitrogen and oxygen atoms in total. The van der Waals surface area contributed by atoms with Crippen LogP contribution in [0.4, 0.5) is 8.78 Å². The highest BCUT2D eigenvalue weighted by Gasteiger charge is 2.27. The Labute approximate surface area is 157 Å². The molecule has 1 aromatic heterocycles.